The minimum absolute atomic E-state index is 0.717. The Hall–Kier alpha value is -2.35. The molecule has 0 unspecified atom stereocenters. The monoisotopic (exact) mass is 322 g/mol. The Bertz CT molecular complexity index is 800. The first-order valence-corrected chi connectivity index (χ1v) is 9.33. The Labute approximate surface area is 137 Å². The van der Waals surface area contributed by atoms with Crippen molar-refractivity contribution in [3.05, 3.63) is 78.4 Å². The topological polar surface area (TPSA) is 78.1 Å². The van der Waals surface area contributed by atoms with E-state index >= 15 is 0 Å². The van der Waals surface area contributed by atoms with Gasteiger partial charge in [-0.3, -0.25) is 0 Å². The van der Waals surface area contributed by atoms with Crippen molar-refractivity contribution in [2.75, 3.05) is 11.5 Å². The molecule has 0 aliphatic rings. The quantitative estimate of drug-likeness (QED) is 0.511. The maximum absolute atomic E-state index is 7.10. The molecule has 23 heavy (non-hydrogen) atoms. The van der Waals surface area contributed by atoms with Gasteiger partial charge < -0.3 is 11.5 Å². The maximum atomic E-state index is 7.10. The fourth-order valence-corrected chi connectivity index (χ4v) is 6.03. The molecule has 116 valence electrons. The molecule has 4 heteroatoms. The molecule has 0 amide bonds. The van der Waals surface area contributed by atoms with Gasteiger partial charge in [0.15, 0.2) is 7.41 Å². The SMILES string of the molecule is Cc1ccccc1[P+](N)(c1cccc(N)c1)c1cccc(N)c1. The predicted octanol–water partition coefficient (Wildman–Crippen LogP) is 2.33. The molecule has 0 aliphatic heterocycles. The van der Waals surface area contributed by atoms with Gasteiger partial charge in [-0.1, -0.05) is 30.3 Å². The van der Waals surface area contributed by atoms with Crippen LogP contribution in [0.2, 0.25) is 0 Å². The lowest BCUT2D eigenvalue weighted by atomic mass is 10.2. The van der Waals surface area contributed by atoms with Crippen LogP contribution in [0.15, 0.2) is 72.8 Å². The Morgan fingerprint density at radius 3 is 1.70 bits per heavy atom. The zero-order valence-electron chi connectivity index (χ0n) is 13.1. The number of nitrogen functional groups attached to an aromatic ring is 2. The van der Waals surface area contributed by atoms with E-state index < -0.39 is 7.41 Å². The minimum Gasteiger partial charge on any atom is -0.399 e. The standard InChI is InChI=1S/C19H21N3P/c1-14-6-2-3-11-19(14)23(22,17-9-4-7-15(20)12-17)18-10-5-8-16(21)13-18/h2-13H,20-22H2,1H3/q+1. The van der Waals surface area contributed by atoms with Crippen LogP contribution in [0.25, 0.3) is 0 Å². The summed E-state index contributed by atoms with van der Waals surface area (Å²) >= 11 is 0. The van der Waals surface area contributed by atoms with E-state index in [0.717, 1.165) is 27.3 Å². The number of nitrogens with two attached hydrogens (primary N) is 3. The van der Waals surface area contributed by atoms with Gasteiger partial charge in [0.2, 0.25) is 0 Å². The number of hydrogen-bond acceptors (Lipinski definition) is 3. The zero-order valence-corrected chi connectivity index (χ0v) is 14.0. The third kappa shape index (κ3) is 2.81. The lowest BCUT2D eigenvalue weighted by molar-refractivity contribution is 1.51. The first kappa shape index (κ1) is 15.5. The van der Waals surface area contributed by atoms with Crippen LogP contribution in [0.1, 0.15) is 5.56 Å². The Balaban J connectivity index is 2.32. The molecule has 3 aromatic carbocycles. The van der Waals surface area contributed by atoms with Gasteiger partial charge in [-0.2, -0.15) is 5.50 Å². The fourth-order valence-electron chi connectivity index (χ4n) is 2.87. The van der Waals surface area contributed by atoms with Crippen LogP contribution in [-0.2, 0) is 0 Å². The molecule has 0 bridgehead atoms. The van der Waals surface area contributed by atoms with E-state index in [0.29, 0.717) is 0 Å². The van der Waals surface area contributed by atoms with Crippen molar-refractivity contribution in [1.82, 2.24) is 0 Å². The number of rotatable bonds is 3. The summed E-state index contributed by atoms with van der Waals surface area (Å²) in [6.45, 7) is 2.09. The maximum Gasteiger partial charge on any atom is 0.176 e. The summed E-state index contributed by atoms with van der Waals surface area (Å²) in [5.41, 5.74) is 21.7. The van der Waals surface area contributed by atoms with Crippen LogP contribution in [0.4, 0.5) is 11.4 Å². The Morgan fingerprint density at radius 2 is 1.22 bits per heavy atom. The normalized spacial score (nSPS) is 11.4. The third-order valence-electron chi connectivity index (χ3n) is 4.05. The fraction of sp³-hybridized carbons (Fsp3) is 0.0526. The van der Waals surface area contributed by atoms with Crippen molar-refractivity contribution in [2.24, 2.45) is 5.50 Å². The average molecular weight is 322 g/mol. The molecule has 0 spiro atoms. The Kier molecular flexibility index (Phi) is 4.08. The second-order valence-corrected chi connectivity index (χ2v) is 8.66. The molecule has 0 aliphatic carbocycles. The molecule has 3 nitrogen and oxygen atoms in total. The van der Waals surface area contributed by atoms with E-state index in [-0.39, 0.29) is 0 Å². The first-order valence-electron chi connectivity index (χ1n) is 7.48. The van der Waals surface area contributed by atoms with Crippen molar-refractivity contribution in [1.29, 1.82) is 0 Å². The van der Waals surface area contributed by atoms with Crippen LogP contribution < -0.4 is 32.9 Å². The van der Waals surface area contributed by atoms with Gasteiger partial charge >= 0.3 is 0 Å². The van der Waals surface area contributed by atoms with Gasteiger partial charge in [0.1, 0.15) is 15.9 Å². The van der Waals surface area contributed by atoms with Gasteiger partial charge in [0, 0.05) is 23.5 Å². The zero-order chi connectivity index (χ0) is 16.4. The smallest absolute Gasteiger partial charge is 0.176 e. The van der Waals surface area contributed by atoms with Crippen molar-refractivity contribution in [3.63, 3.8) is 0 Å². The van der Waals surface area contributed by atoms with Gasteiger partial charge in [-0.05, 0) is 42.8 Å². The molecule has 0 aromatic heterocycles. The van der Waals surface area contributed by atoms with E-state index in [9.17, 15) is 0 Å². The number of anilines is 2. The summed E-state index contributed by atoms with van der Waals surface area (Å²) in [5.74, 6) is 0. The molecule has 3 rings (SSSR count). The second-order valence-electron chi connectivity index (χ2n) is 5.70. The summed E-state index contributed by atoms with van der Waals surface area (Å²) in [4.78, 5) is 0. The van der Waals surface area contributed by atoms with Crippen LogP contribution >= 0.6 is 7.41 Å². The highest BCUT2D eigenvalue weighted by Gasteiger charge is 2.43. The van der Waals surface area contributed by atoms with Crippen LogP contribution in [0, 0.1) is 6.92 Å². The van der Waals surface area contributed by atoms with E-state index in [4.69, 9.17) is 17.0 Å². The van der Waals surface area contributed by atoms with Gasteiger partial charge in [0.25, 0.3) is 0 Å². The summed E-state index contributed by atoms with van der Waals surface area (Å²) in [6, 6.07) is 24.0. The molecule has 0 fully saturated rings. The lowest BCUT2D eigenvalue weighted by Crippen LogP contribution is -2.38. The molecule has 3 aromatic rings. The molecular formula is C19H21N3P+. The second kappa shape index (κ2) is 6.04. The molecule has 0 radical (unpaired) electrons. The Morgan fingerprint density at radius 1 is 0.696 bits per heavy atom. The van der Waals surface area contributed by atoms with Crippen molar-refractivity contribution in [3.8, 4) is 0 Å². The molecule has 0 saturated heterocycles. The summed E-state index contributed by atoms with van der Waals surface area (Å²) in [6.07, 6.45) is 0. The highest BCUT2D eigenvalue weighted by atomic mass is 31.2. The number of hydrogen-bond donors (Lipinski definition) is 3. The average Bonchev–Trinajstić information content (AvgIpc) is 2.54. The van der Waals surface area contributed by atoms with Gasteiger partial charge in [0.05, 0.1) is 0 Å². The lowest BCUT2D eigenvalue weighted by Gasteiger charge is -2.24. The van der Waals surface area contributed by atoms with E-state index in [2.05, 4.69) is 31.2 Å². The van der Waals surface area contributed by atoms with E-state index in [1.807, 2.05) is 48.5 Å². The highest BCUT2D eigenvalue weighted by molar-refractivity contribution is 7.93. The van der Waals surface area contributed by atoms with Crippen molar-refractivity contribution >= 4 is 34.7 Å². The molecule has 0 heterocycles. The van der Waals surface area contributed by atoms with Crippen molar-refractivity contribution in [2.45, 2.75) is 6.92 Å². The molecule has 6 N–H and O–H groups in total. The highest BCUT2D eigenvalue weighted by Crippen LogP contribution is 2.48. The third-order valence-corrected chi connectivity index (χ3v) is 7.50. The summed E-state index contributed by atoms with van der Waals surface area (Å²) in [5, 5.41) is 3.26. The van der Waals surface area contributed by atoms with Crippen molar-refractivity contribution < 1.29 is 0 Å². The van der Waals surface area contributed by atoms with Gasteiger partial charge in [-0.15, -0.1) is 0 Å². The van der Waals surface area contributed by atoms with Gasteiger partial charge in [-0.25, -0.2) is 0 Å². The minimum atomic E-state index is -2.28. The van der Waals surface area contributed by atoms with Crippen LogP contribution in [-0.4, -0.2) is 0 Å². The first-order chi connectivity index (χ1) is 11.0. The molecular weight excluding hydrogens is 301 g/mol. The largest absolute Gasteiger partial charge is 0.399 e. The summed E-state index contributed by atoms with van der Waals surface area (Å²) < 4.78 is 0. The predicted molar refractivity (Wildman–Crippen MR) is 103 cm³/mol. The molecule has 0 atom stereocenters. The summed E-state index contributed by atoms with van der Waals surface area (Å²) in [7, 11) is -2.28. The number of aryl methyl sites for hydroxylation is 1. The van der Waals surface area contributed by atoms with Crippen LogP contribution in [0.3, 0.4) is 0 Å². The molecule has 0 saturated carbocycles. The van der Waals surface area contributed by atoms with E-state index in [1.165, 1.54) is 5.56 Å². The van der Waals surface area contributed by atoms with E-state index in [1.54, 1.807) is 0 Å². The number of benzene rings is 3. The van der Waals surface area contributed by atoms with Crippen LogP contribution in [0.5, 0.6) is 0 Å².